The second kappa shape index (κ2) is 9.92. The van der Waals surface area contributed by atoms with Crippen molar-refractivity contribution in [2.45, 2.75) is 39.5 Å². The summed E-state index contributed by atoms with van der Waals surface area (Å²) >= 11 is 0. The second-order valence-corrected chi connectivity index (χ2v) is 7.33. The molecule has 0 unspecified atom stereocenters. The van der Waals surface area contributed by atoms with Crippen LogP contribution < -0.4 is 15.4 Å². The summed E-state index contributed by atoms with van der Waals surface area (Å²) in [5.74, 6) is -0.810. The molecule has 0 aromatic heterocycles. The Morgan fingerprint density at radius 3 is 2.50 bits per heavy atom. The van der Waals surface area contributed by atoms with Crippen LogP contribution in [0.25, 0.3) is 0 Å². The van der Waals surface area contributed by atoms with Gasteiger partial charge in [0.05, 0.1) is 11.4 Å². The zero-order valence-corrected chi connectivity index (χ0v) is 14.9. The van der Waals surface area contributed by atoms with Crippen LogP contribution in [-0.2, 0) is 19.6 Å². The first-order valence-corrected chi connectivity index (χ1v) is 9.62. The van der Waals surface area contributed by atoms with Gasteiger partial charge in [0.15, 0.2) is 0 Å². The number of hydrogen-bond acceptors (Lipinski definition) is 4. The smallest absolute Gasteiger partial charge is 0.233 e. The van der Waals surface area contributed by atoms with Crippen molar-refractivity contribution in [1.82, 2.24) is 5.32 Å². The highest BCUT2D eigenvalue weighted by Crippen LogP contribution is 2.16. The largest absolute Gasteiger partial charge is 0.356 e. The van der Waals surface area contributed by atoms with Gasteiger partial charge in [0, 0.05) is 25.6 Å². The number of carbonyl (C=O) groups excluding carboxylic acids is 2. The molecule has 0 atom stereocenters. The highest BCUT2D eigenvalue weighted by Gasteiger charge is 2.13. The van der Waals surface area contributed by atoms with Gasteiger partial charge in [-0.05, 0) is 24.6 Å². The Bertz CT molecular complexity index is 659. The molecular weight excluding hydrogens is 330 g/mol. The molecule has 134 valence electrons. The van der Waals surface area contributed by atoms with Crippen LogP contribution in [0.2, 0.25) is 0 Å². The third-order valence-electron chi connectivity index (χ3n) is 3.16. The molecule has 0 aliphatic heterocycles. The summed E-state index contributed by atoms with van der Waals surface area (Å²) in [6.07, 6.45) is 2.90. The van der Waals surface area contributed by atoms with E-state index in [1.807, 2.05) is 0 Å². The molecule has 24 heavy (non-hydrogen) atoms. The maximum Gasteiger partial charge on any atom is 0.233 e. The topological polar surface area (TPSA) is 104 Å². The molecule has 1 aromatic rings. The number of carbonyl (C=O) groups is 2. The molecule has 0 saturated heterocycles. The van der Waals surface area contributed by atoms with Crippen LogP contribution in [0.5, 0.6) is 0 Å². The molecule has 0 fully saturated rings. The zero-order chi connectivity index (χ0) is 18.0. The van der Waals surface area contributed by atoms with E-state index in [1.165, 1.54) is 13.0 Å². The van der Waals surface area contributed by atoms with E-state index < -0.39 is 10.0 Å². The Balaban J connectivity index is 2.48. The molecule has 0 bridgehead atoms. The summed E-state index contributed by atoms with van der Waals surface area (Å²) in [7, 11) is -3.63. The number of benzene rings is 1. The maximum absolute atomic E-state index is 12.0. The number of nitrogens with one attached hydrogen (secondary N) is 3. The van der Waals surface area contributed by atoms with E-state index in [0.717, 1.165) is 19.3 Å². The second-order valence-electron chi connectivity index (χ2n) is 5.49. The lowest BCUT2D eigenvalue weighted by molar-refractivity contribution is -0.120. The van der Waals surface area contributed by atoms with E-state index in [-0.39, 0.29) is 24.0 Å². The van der Waals surface area contributed by atoms with E-state index >= 15 is 0 Å². The first kappa shape index (κ1) is 20.0. The molecule has 1 rings (SSSR count). The Kier molecular flexibility index (Phi) is 8.25. The fraction of sp³-hybridized carbons (Fsp3) is 0.500. The molecule has 8 heteroatoms. The van der Waals surface area contributed by atoms with Crippen LogP contribution in [0.15, 0.2) is 24.3 Å². The molecule has 7 nitrogen and oxygen atoms in total. The third-order valence-corrected chi connectivity index (χ3v) is 4.44. The van der Waals surface area contributed by atoms with Gasteiger partial charge in [-0.3, -0.25) is 14.3 Å². The summed E-state index contributed by atoms with van der Waals surface area (Å²) in [6.45, 7) is 4.01. The monoisotopic (exact) mass is 355 g/mol. The van der Waals surface area contributed by atoms with Gasteiger partial charge in [-0.1, -0.05) is 25.8 Å². The highest BCUT2D eigenvalue weighted by molar-refractivity contribution is 7.92. The Morgan fingerprint density at radius 1 is 1.12 bits per heavy atom. The van der Waals surface area contributed by atoms with Crippen molar-refractivity contribution in [3.8, 4) is 0 Å². The summed E-state index contributed by atoms with van der Waals surface area (Å²) in [5, 5.41) is 5.28. The molecule has 0 saturated carbocycles. The average Bonchev–Trinajstić information content (AvgIpc) is 2.49. The van der Waals surface area contributed by atoms with Crippen LogP contribution in [0.3, 0.4) is 0 Å². The van der Waals surface area contributed by atoms with E-state index in [0.29, 0.717) is 17.9 Å². The van der Waals surface area contributed by atoms with Crippen molar-refractivity contribution >= 4 is 33.2 Å². The van der Waals surface area contributed by atoms with Gasteiger partial charge in [-0.15, -0.1) is 0 Å². The third kappa shape index (κ3) is 8.52. The van der Waals surface area contributed by atoms with Crippen molar-refractivity contribution in [2.75, 3.05) is 22.3 Å². The van der Waals surface area contributed by atoms with Gasteiger partial charge in [0.25, 0.3) is 0 Å². The first-order chi connectivity index (χ1) is 11.3. The van der Waals surface area contributed by atoms with Gasteiger partial charge in [-0.25, -0.2) is 8.42 Å². The van der Waals surface area contributed by atoms with E-state index in [9.17, 15) is 18.0 Å². The fourth-order valence-electron chi connectivity index (χ4n) is 2.01. The predicted octanol–water partition coefficient (Wildman–Crippen LogP) is 2.08. The van der Waals surface area contributed by atoms with E-state index in [4.69, 9.17) is 0 Å². The lowest BCUT2D eigenvalue weighted by atomic mass is 10.2. The predicted molar refractivity (Wildman–Crippen MR) is 95.3 cm³/mol. The zero-order valence-electron chi connectivity index (χ0n) is 14.1. The highest BCUT2D eigenvalue weighted by atomic mass is 32.2. The summed E-state index contributed by atoms with van der Waals surface area (Å²) in [4.78, 5) is 22.7. The molecule has 2 amide bonds. The minimum atomic E-state index is -3.63. The quantitative estimate of drug-likeness (QED) is 0.559. The molecule has 3 N–H and O–H groups in total. The Hall–Kier alpha value is -2.09. The molecule has 0 radical (unpaired) electrons. The molecule has 0 heterocycles. The van der Waals surface area contributed by atoms with Gasteiger partial charge >= 0.3 is 0 Å². The SMILES string of the molecule is CCCCCNC(=O)CCS(=O)(=O)Nc1cccc(NC(C)=O)c1. The van der Waals surface area contributed by atoms with E-state index in [1.54, 1.807) is 18.2 Å². The van der Waals surface area contributed by atoms with Gasteiger partial charge in [0.2, 0.25) is 21.8 Å². The minimum absolute atomic E-state index is 0.0904. The number of unbranched alkanes of at least 4 members (excludes halogenated alkanes) is 2. The van der Waals surface area contributed by atoms with Crippen molar-refractivity contribution in [1.29, 1.82) is 0 Å². The minimum Gasteiger partial charge on any atom is -0.356 e. The van der Waals surface area contributed by atoms with Crippen LogP contribution in [-0.4, -0.2) is 32.5 Å². The van der Waals surface area contributed by atoms with Crippen molar-refractivity contribution < 1.29 is 18.0 Å². The van der Waals surface area contributed by atoms with Gasteiger partial charge in [0.1, 0.15) is 0 Å². The Morgan fingerprint density at radius 2 is 1.83 bits per heavy atom. The Labute approximate surface area is 143 Å². The normalized spacial score (nSPS) is 10.9. The molecule has 0 spiro atoms. The van der Waals surface area contributed by atoms with Crippen LogP contribution in [0.4, 0.5) is 11.4 Å². The fourth-order valence-corrected chi connectivity index (χ4v) is 3.05. The molecule has 0 aliphatic rings. The lowest BCUT2D eigenvalue weighted by Crippen LogP contribution is -2.28. The van der Waals surface area contributed by atoms with Crippen molar-refractivity contribution in [3.05, 3.63) is 24.3 Å². The number of hydrogen-bond donors (Lipinski definition) is 3. The number of rotatable bonds is 10. The summed E-state index contributed by atoms with van der Waals surface area (Å²) in [5.41, 5.74) is 0.834. The maximum atomic E-state index is 12.0. The van der Waals surface area contributed by atoms with Gasteiger partial charge < -0.3 is 10.6 Å². The summed E-state index contributed by atoms with van der Waals surface area (Å²) < 4.78 is 26.5. The average molecular weight is 355 g/mol. The number of sulfonamides is 1. The standard InChI is InChI=1S/C16H25N3O4S/c1-3-4-5-10-17-16(21)9-11-24(22,23)19-15-8-6-7-14(12-15)18-13(2)20/h6-8,12,19H,3-5,9-11H2,1-2H3,(H,17,21)(H,18,20). The van der Waals surface area contributed by atoms with E-state index in [2.05, 4.69) is 22.3 Å². The molecular formula is C16H25N3O4S. The van der Waals surface area contributed by atoms with Gasteiger partial charge in [-0.2, -0.15) is 0 Å². The van der Waals surface area contributed by atoms with Crippen LogP contribution in [0, 0.1) is 0 Å². The lowest BCUT2D eigenvalue weighted by Gasteiger charge is -2.10. The van der Waals surface area contributed by atoms with Crippen molar-refractivity contribution in [2.24, 2.45) is 0 Å². The van der Waals surface area contributed by atoms with Crippen LogP contribution >= 0.6 is 0 Å². The number of amides is 2. The van der Waals surface area contributed by atoms with Crippen molar-refractivity contribution in [3.63, 3.8) is 0 Å². The summed E-state index contributed by atoms with van der Waals surface area (Å²) in [6, 6.07) is 6.38. The molecule has 1 aromatic carbocycles. The van der Waals surface area contributed by atoms with Crippen LogP contribution in [0.1, 0.15) is 39.5 Å². The first-order valence-electron chi connectivity index (χ1n) is 7.97. The molecule has 0 aliphatic carbocycles. The number of anilines is 2.